The lowest BCUT2D eigenvalue weighted by Crippen LogP contribution is -2.24. The van der Waals surface area contributed by atoms with Crippen LogP contribution in [0.15, 0.2) is 54.2 Å². The molecule has 3 rings (SSSR count). The Labute approximate surface area is 136 Å². The second-order valence-corrected chi connectivity index (χ2v) is 5.55. The first kappa shape index (κ1) is 14.6. The molecule has 2 amide bonds. The number of amides is 2. The second kappa shape index (κ2) is 5.83. The Balaban J connectivity index is 2.05. The van der Waals surface area contributed by atoms with Crippen LogP contribution in [0.1, 0.15) is 5.56 Å². The van der Waals surface area contributed by atoms with Gasteiger partial charge in [-0.05, 0) is 35.9 Å². The molecule has 0 aliphatic carbocycles. The van der Waals surface area contributed by atoms with E-state index in [1.54, 1.807) is 48.5 Å². The van der Waals surface area contributed by atoms with Crippen molar-refractivity contribution in [3.05, 3.63) is 69.8 Å². The Morgan fingerprint density at radius 2 is 1.59 bits per heavy atom. The van der Waals surface area contributed by atoms with Crippen molar-refractivity contribution in [1.29, 1.82) is 0 Å². The molecule has 6 heteroatoms. The summed E-state index contributed by atoms with van der Waals surface area (Å²) in [4.78, 5) is 24.1. The van der Waals surface area contributed by atoms with E-state index in [1.165, 1.54) is 0 Å². The first-order valence-electron chi connectivity index (χ1n) is 6.43. The smallest absolute Gasteiger partial charge is 0.275 e. The highest BCUT2D eigenvalue weighted by Crippen LogP contribution is 2.27. The van der Waals surface area contributed by atoms with Crippen LogP contribution < -0.4 is 10.6 Å². The van der Waals surface area contributed by atoms with E-state index >= 15 is 0 Å². The number of carbonyl (C=O) groups excluding carboxylic acids is 2. The number of hydrogen-bond acceptors (Lipinski definition) is 3. The minimum atomic E-state index is -0.477. The summed E-state index contributed by atoms with van der Waals surface area (Å²) in [5, 5.41) is 6.32. The quantitative estimate of drug-likeness (QED) is 0.846. The first-order chi connectivity index (χ1) is 10.5. The van der Waals surface area contributed by atoms with Gasteiger partial charge < -0.3 is 5.32 Å². The zero-order valence-electron chi connectivity index (χ0n) is 11.2. The fourth-order valence-corrected chi connectivity index (χ4v) is 2.49. The highest BCUT2D eigenvalue weighted by Gasteiger charge is 2.31. The van der Waals surface area contributed by atoms with E-state index in [9.17, 15) is 9.59 Å². The van der Waals surface area contributed by atoms with Crippen molar-refractivity contribution in [2.24, 2.45) is 0 Å². The Morgan fingerprint density at radius 1 is 0.864 bits per heavy atom. The summed E-state index contributed by atoms with van der Waals surface area (Å²) in [6.45, 7) is 0. The third kappa shape index (κ3) is 2.84. The molecule has 1 heterocycles. The van der Waals surface area contributed by atoms with Gasteiger partial charge in [0.2, 0.25) is 0 Å². The Hall–Kier alpha value is -2.30. The lowest BCUT2D eigenvalue weighted by atomic mass is 10.0. The molecule has 2 aromatic rings. The third-order valence-corrected chi connectivity index (χ3v) is 3.65. The molecule has 2 N–H and O–H groups in total. The molecular weight excluding hydrogens is 323 g/mol. The van der Waals surface area contributed by atoms with Crippen LogP contribution in [-0.2, 0) is 9.59 Å². The second-order valence-electron chi connectivity index (χ2n) is 4.68. The predicted octanol–water partition coefficient (Wildman–Crippen LogP) is 3.47. The normalized spacial score (nSPS) is 14.3. The van der Waals surface area contributed by atoms with Crippen LogP contribution in [0.25, 0.3) is 5.57 Å². The summed E-state index contributed by atoms with van der Waals surface area (Å²) < 4.78 is 0. The summed E-state index contributed by atoms with van der Waals surface area (Å²) in [6.07, 6.45) is 0. The predicted molar refractivity (Wildman–Crippen MR) is 86.6 cm³/mol. The maximum atomic E-state index is 12.0. The van der Waals surface area contributed by atoms with Gasteiger partial charge in [-0.2, -0.15) is 0 Å². The number of benzene rings is 2. The number of imide groups is 1. The highest BCUT2D eigenvalue weighted by molar-refractivity contribution is 6.37. The van der Waals surface area contributed by atoms with Gasteiger partial charge in [0.15, 0.2) is 0 Å². The van der Waals surface area contributed by atoms with E-state index in [4.69, 9.17) is 23.2 Å². The van der Waals surface area contributed by atoms with Gasteiger partial charge in [-0.15, -0.1) is 0 Å². The van der Waals surface area contributed by atoms with Gasteiger partial charge in [0.05, 0.1) is 5.57 Å². The minimum absolute atomic E-state index is 0.189. The van der Waals surface area contributed by atoms with E-state index in [0.29, 0.717) is 21.3 Å². The maximum Gasteiger partial charge on any atom is 0.275 e. The summed E-state index contributed by atoms with van der Waals surface area (Å²) in [6, 6.07) is 13.6. The Bertz CT molecular complexity index is 798. The molecule has 0 spiro atoms. The molecule has 1 aliphatic rings. The fraction of sp³-hybridized carbons (Fsp3) is 0. The van der Waals surface area contributed by atoms with Crippen molar-refractivity contribution in [3.63, 3.8) is 0 Å². The molecule has 0 saturated carbocycles. The molecular formula is C16H10Cl2N2O2. The molecule has 1 aliphatic heterocycles. The van der Waals surface area contributed by atoms with E-state index in [2.05, 4.69) is 10.6 Å². The molecule has 2 aromatic carbocycles. The molecule has 0 bridgehead atoms. The van der Waals surface area contributed by atoms with Crippen molar-refractivity contribution >= 4 is 46.3 Å². The number of anilines is 1. The maximum absolute atomic E-state index is 12.0. The molecule has 0 atom stereocenters. The number of nitrogens with one attached hydrogen (secondary N) is 2. The molecule has 0 unspecified atom stereocenters. The van der Waals surface area contributed by atoms with Crippen molar-refractivity contribution in [2.75, 3.05) is 5.32 Å². The Morgan fingerprint density at radius 3 is 2.27 bits per heavy atom. The van der Waals surface area contributed by atoms with Gasteiger partial charge in [-0.3, -0.25) is 14.9 Å². The summed E-state index contributed by atoms with van der Waals surface area (Å²) >= 11 is 11.8. The lowest BCUT2D eigenvalue weighted by molar-refractivity contribution is -0.123. The van der Waals surface area contributed by atoms with E-state index in [0.717, 1.165) is 0 Å². The lowest BCUT2D eigenvalue weighted by Gasteiger charge is -2.08. The standard InChI is InChI=1S/C16H10Cl2N2O2/c17-10-6-4-9(5-7-10)13-14(16(22)20-15(13)21)19-12-3-1-2-11(18)8-12/h1-8H,(H2,19,20,21,22). The topological polar surface area (TPSA) is 58.2 Å². The third-order valence-electron chi connectivity index (χ3n) is 3.16. The first-order valence-corrected chi connectivity index (χ1v) is 7.18. The summed E-state index contributed by atoms with van der Waals surface area (Å²) in [5.41, 5.74) is 1.70. The summed E-state index contributed by atoms with van der Waals surface area (Å²) in [5.74, 6) is -0.924. The molecule has 0 radical (unpaired) electrons. The van der Waals surface area contributed by atoms with Crippen LogP contribution in [0, 0.1) is 0 Å². The molecule has 4 nitrogen and oxygen atoms in total. The number of hydrogen-bond donors (Lipinski definition) is 2. The largest absolute Gasteiger partial charge is 0.350 e. The van der Waals surface area contributed by atoms with Crippen molar-refractivity contribution in [3.8, 4) is 0 Å². The van der Waals surface area contributed by atoms with Crippen LogP contribution in [0.5, 0.6) is 0 Å². The van der Waals surface area contributed by atoms with Gasteiger partial charge >= 0.3 is 0 Å². The van der Waals surface area contributed by atoms with Crippen LogP contribution in [0.2, 0.25) is 10.0 Å². The molecule has 22 heavy (non-hydrogen) atoms. The van der Waals surface area contributed by atoms with E-state index < -0.39 is 11.8 Å². The number of halogens is 2. The van der Waals surface area contributed by atoms with Gasteiger partial charge in [-0.25, -0.2) is 0 Å². The molecule has 110 valence electrons. The highest BCUT2D eigenvalue weighted by atomic mass is 35.5. The van der Waals surface area contributed by atoms with Crippen molar-refractivity contribution < 1.29 is 9.59 Å². The van der Waals surface area contributed by atoms with Crippen molar-refractivity contribution in [2.45, 2.75) is 0 Å². The van der Waals surface area contributed by atoms with E-state index in [1.807, 2.05) is 0 Å². The molecule has 0 fully saturated rings. The van der Waals surface area contributed by atoms with Crippen LogP contribution >= 0.6 is 23.2 Å². The zero-order valence-corrected chi connectivity index (χ0v) is 12.7. The number of rotatable bonds is 3. The SMILES string of the molecule is O=C1NC(=O)C(c2ccc(Cl)cc2)=C1Nc1cccc(Cl)c1. The van der Waals surface area contributed by atoms with Gasteiger partial charge in [0, 0.05) is 15.7 Å². The summed E-state index contributed by atoms with van der Waals surface area (Å²) in [7, 11) is 0. The van der Waals surface area contributed by atoms with E-state index in [-0.39, 0.29) is 11.3 Å². The minimum Gasteiger partial charge on any atom is -0.350 e. The average Bonchev–Trinajstić information content (AvgIpc) is 2.75. The van der Waals surface area contributed by atoms with Crippen LogP contribution in [0.3, 0.4) is 0 Å². The average molecular weight is 333 g/mol. The number of carbonyl (C=O) groups is 2. The van der Waals surface area contributed by atoms with Crippen LogP contribution in [-0.4, -0.2) is 11.8 Å². The zero-order chi connectivity index (χ0) is 15.7. The molecule has 0 aromatic heterocycles. The fourth-order valence-electron chi connectivity index (χ4n) is 2.18. The monoisotopic (exact) mass is 332 g/mol. The van der Waals surface area contributed by atoms with Crippen LogP contribution in [0.4, 0.5) is 5.69 Å². The van der Waals surface area contributed by atoms with Gasteiger partial charge in [0.1, 0.15) is 5.70 Å². The van der Waals surface area contributed by atoms with Gasteiger partial charge in [-0.1, -0.05) is 41.4 Å². The Kier molecular flexibility index (Phi) is 3.88. The van der Waals surface area contributed by atoms with Gasteiger partial charge in [0.25, 0.3) is 11.8 Å². The molecule has 0 saturated heterocycles. The van der Waals surface area contributed by atoms with Crippen molar-refractivity contribution in [1.82, 2.24) is 5.32 Å².